The molecule has 2 aliphatic rings. The number of anilines is 2. The molecule has 0 saturated carbocycles. The molecule has 7 nitrogen and oxygen atoms in total. The van der Waals surface area contributed by atoms with Crippen LogP contribution in [0.2, 0.25) is 0 Å². The molecule has 0 bridgehead atoms. The van der Waals surface area contributed by atoms with Gasteiger partial charge >= 0.3 is 0 Å². The highest BCUT2D eigenvalue weighted by Gasteiger charge is 2.27. The molecule has 2 aromatic rings. The van der Waals surface area contributed by atoms with Gasteiger partial charge in [-0.2, -0.15) is 0 Å². The number of carbonyl (C=O) groups excluding carboxylic acids is 1. The van der Waals surface area contributed by atoms with E-state index in [1.54, 1.807) is 0 Å². The Hall–Kier alpha value is -2.41. The van der Waals surface area contributed by atoms with Gasteiger partial charge in [0.25, 0.3) is 0 Å². The first kappa shape index (κ1) is 18.0. The van der Waals surface area contributed by atoms with Gasteiger partial charge < -0.3 is 19.4 Å². The highest BCUT2D eigenvalue weighted by molar-refractivity contribution is 5.81. The van der Waals surface area contributed by atoms with Crippen molar-refractivity contribution in [2.75, 3.05) is 62.3 Å². The minimum atomic E-state index is 0.0425. The van der Waals surface area contributed by atoms with Crippen molar-refractivity contribution in [1.82, 2.24) is 14.9 Å². The molecule has 2 fully saturated rings. The molecule has 1 aromatic heterocycles. The fourth-order valence-electron chi connectivity index (χ4n) is 3.68. The molecule has 0 aliphatic carbocycles. The number of rotatable bonds is 3. The van der Waals surface area contributed by atoms with Crippen LogP contribution in [0.4, 0.5) is 11.6 Å². The van der Waals surface area contributed by atoms with Gasteiger partial charge in [0.2, 0.25) is 5.91 Å². The van der Waals surface area contributed by atoms with Crippen LogP contribution in [0.15, 0.2) is 24.3 Å². The molecule has 4 rings (SSSR count). The van der Waals surface area contributed by atoms with Crippen molar-refractivity contribution >= 4 is 28.6 Å². The van der Waals surface area contributed by atoms with Crippen molar-refractivity contribution in [1.29, 1.82) is 0 Å². The highest BCUT2D eigenvalue weighted by atomic mass is 16.5. The maximum atomic E-state index is 12.3. The molecular weight excluding hydrogens is 342 g/mol. The first-order valence-electron chi connectivity index (χ1n) is 9.76. The number of benzene rings is 1. The molecule has 1 amide bonds. The van der Waals surface area contributed by atoms with Gasteiger partial charge in [-0.3, -0.25) is 4.79 Å². The van der Waals surface area contributed by atoms with Crippen LogP contribution in [0.3, 0.4) is 0 Å². The van der Waals surface area contributed by atoms with E-state index >= 15 is 0 Å². The van der Waals surface area contributed by atoms with Gasteiger partial charge in [-0.25, -0.2) is 9.97 Å². The largest absolute Gasteiger partial charge is 0.378 e. The second-order valence-electron chi connectivity index (χ2n) is 7.43. The van der Waals surface area contributed by atoms with E-state index in [-0.39, 0.29) is 11.8 Å². The lowest BCUT2D eigenvalue weighted by molar-refractivity contribution is -0.134. The first-order valence-corrected chi connectivity index (χ1v) is 9.76. The quantitative estimate of drug-likeness (QED) is 0.822. The summed E-state index contributed by atoms with van der Waals surface area (Å²) < 4.78 is 5.51. The van der Waals surface area contributed by atoms with Crippen LogP contribution < -0.4 is 9.80 Å². The summed E-state index contributed by atoms with van der Waals surface area (Å²) in [5.74, 6) is 2.13. The molecule has 2 saturated heterocycles. The van der Waals surface area contributed by atoms with Crippen LogP contribution in [0, 0.1) is 5.92 Å². The minimum Gasteiger partial charge on any atom is -0.378 e. The monoisotopic (exact) mass is 369 g/mol. The Balaban J connectivity index is 1.63. The molecule has 7 heteroatoms. The Morgan fingerprint density at radius 3 is 1.93 bits per heavy atom. The summed E-state index contributed by atoms with van der Waals surface area (Å²) in [5, 5.41) is 0. The number of amides is 1. The zero-order valence-corrected chi connectivity index (χ0v) is 16.1. The summed E-state index contributed by atoms with van der Waals surface area (Å²) in [5.41, 5.74) is 1.82. The van der Waals surface area contributed by atoms with Gasteiger partial charge in [0.1, 0.15) is 0 Å². The molecular formula is C20H27N5O2. The lowest BCUT2D eigenvalue weighted by Gasteiger charge is -2.38. The average Bonchev–Trinajstić information content (AvgIpc) is 2.73. The lowest BCUT2D eigenvalue weighted by Crippen LogP contribution is -2.50. The van der Waals surface area contributed by atoms with E-state index in [9.17, 15) is 4.79 Å². The van der Waals surface area contributed by atoms with Gasteiger partial charge in [-0.15, -0.1) is 0 Å². The number of aromatic nitrogens is 2. The Bertz CT molecular complexity index is 811. The third-order valence-corrected chi connectivity index (χ3v) is 5.23. The predicted octanol–water partition coefficient (Wildman–Crippen LogP) is 1.77. The number of nitrogens with zero attached hydrogens (tertiary/aromatic N) is 5. The minimum absolute atomic E-state index is 0.0425. The van der Waals surface area contributed by atoms with Crippen LogP contribution in [-0.4, -0.2) is 73.3 Å². The summed E-state index contributed by atoms with van der Waals surface area (Å²) in [6.45, 7) is 10.0. The molecule has 3 heterocycles. The van der Waals surface area contributed by atoms with Gasteiger partial charge in [-0.1, -0.05) is 26.0 Å². The third kappa shape index (κ3) is 3.69. The topological polar surface area (TPSA) is 61.8 Å². The van der Waals surface area contributed by atoms with Crippen LogP contribution in [0.25, 0.3) is 11.0 Å². The van der Waals surface area contributed by atoms with Crippen LogP contribution in [0.1, 0.15) is 13.8 Å². The Morgan fingerprint density at radius 2 is 1.41 bits per heavy atom. The Kier molecular flexibility index (Phi) is 5.11. The lowest BCUT2D eigenvalue weighted by atomic mass is 10.1. The fourth-order valence-corrected chi connectivity index (χ4v) is 3.68. The van der Waals surface area contributed by atoms with E-state index in [0.717, 1.165) is 61.9 Å². The summed E-state index contributed by atoms with van der Waals surface area (Å²) >= 11 is 0. The molecule has 2 aliphatic heterocycles. The molecule has 0 unspecified atom stereocenters. The number of carbonyl (C=O) groups is 1. The summed E-state index contributed by atoms with van der Waals surface area (Å²) in [4.78, 5) is 28.7. The van der Waals surface area contributed by atoms with Gasteiger partial charge in [-0.05, 0) is 12.1 Å². The average molecular weight is 369 g/mol. The van der Waals surface area contributed by atoms with E-state index in [2.05, 4.69) is 9.80 Å². The SMILES string of the molecule is CC(C)C(=O)N1CCN(c2nc3ccccc3nc2N2CCOCC2)CC1. The Morgan fingerprint density at radius 1 is 0.889 bits per heavy atom. The van der Waals surface area contributed by atoms with Crippen molar-refractivity contribution in [2.24, 2.45) is 5.92 Å². The second-order valence-corrected chi connectivity index (χ2v) is 7.43. The molecule has 144 valence electrons. The summed E-state index contributed by atoms with van der Waals surface area (Å²) in [6.07, 6.45) is 0. The van der Waals surface area contributed by atoms with Crippen molar-refractivity contribution in [3.05, 3.63) is 24.3 Å². The predicted molar refractivity (Wildman–Crippen MR) is 106 cm³/mol. The third-order valence-electron chi connectivity index (χ3n) is 5.23. The number of fused-ring (bicyclic) bond motifs is 1. The molecule has 0 N–H and O–H groups in total. The van der Waals surface area contributed by atoms with Gasteiger partial charge in [0.05, 0.1) is 24.2 Å². The number of morpholine rings is 1. The molecule has 27 heavy (non-hydrogen) atoms. The van der Waals surface area contributed by atoms with E-state index in [0.29, 0.717) is 13.2 Å². The zero-order chi connectivity index (χ0) is 18.8. The standard InChI is InChI=1S/C20H27N5O2/c1-15(2)20(26)25-9-7-23(8-10-25)18-19(24-11-13-27-14-12-24)22-17-6-4-3-5-16(17)21-18/h3-6,15H,7-14H2,1-2H3. The number of para-hydroxylation sites is 2. The van der Waals surface area contributed by atoms with Crippen molar-refractivity contribution in [3.8, 4) is 0 Å². The number of hydrogen-bond donors (Lipinski definition) is 0. The highest BCUT2D eigenvalue weighted by Crippen LogP contribution is 2.29. The first-order chi connectivity index (χ1) is 13.1. The molecule has 0 spiro atoms. The van der Waals surface area contributed by atoms with Gasteiger partial charge in [0.15, 0.2) is 11.6 Å². The normalized spacial score (nSPS) is 18.4. The van der Waals surface area contributed by atoms with E-state index in [4.69, 9.17) is 14.7 Å². The van der Waals surface area contributed by atoms with E-state index in [1.165, 1.54) is 0 Å². The number of ether oxygens (including phenoxy) is 1. The second kappa shape index (κ2) is 7.68. The number of piperazine rings is 1. The summed E-state index contributed by atoms with van der Waals surface area (Å²) in [6, 6.07) is 8.01. The number of hydrogen-bond acceptors (Lipinski definition) is 6. The maximum absolute atomic E-state index is 12.3. The zero-order valence-electron chi connectivity index (χ0n) is 16.1. The van der Waals surface area contributed by atoms with Crippen molar-refractivity contribution in [2.45, 2.75) is 13.8 Å². The smallest absolute Gasteiger partial charge is 0.225 e. The van der Waals surface area contributed by atoms with E-state index < -0.39 is 0 Å². The van der Waals surface area contributed by atoms with Crippen LogP contribution >= 0.6 is 0 Å². The van der Waals surface area contributed by atoms with E-state index in [1.807, 2.05) is 43.0 Å². The summed E-state index contributed by atoms with van der Waals surface area (Å²) in [7, 11) is 0. The molecule has 0 radical (unpaired) electrons. The van der Waals surface area contributed by atoms with Gasteiger partial charge in [0, 0.05) is 45.2 Å². The van der Waals surface area contributed by atoms with Crippen molar-refractivity contribution in [3.63, 3.8) is 0 Å². The van der Waals surface area contributed by atoms with Crippen molar-refractivity contribution < 1.29 is 9.53 Å². The maximum Gasteiger partial charge on any atom is 0.225 e. The molecule has 0 atom stereocenters. The fraction of sp³-hybridized carbons (Fsp3) is 0.550. The molecule has 1 aromatic carbocycles. The Labute approximate surface area is 159 Å². The van der Waals surface area contributed by atoms with Crippen LogP contribution in [-0.2, 0) is 9.53 Å². The van der Waals surface area contributed by atoms with Crippen LogP contribution in [0.5, 0.6) is 0 Å².